The van der Waals surface area contributed by atoms with Crippen molar-refractivity contribution >= 4 is 5.97 Å². The van der Waals surface area contributed by atoms with E-state index in [1.807, 2.05) is 0 Å². The lowest BCUT2D eigenvalue weighted by Gasteiger charge is -2.40. The minimum absolute atomic E-state index is 0.280. The van der Waals surface area contributed by atoms with Crippen LogP contribution in [0.25, 0.3) is 0 Å². The van der Waals surface area contributed by atoms with Crippen LogP contribution in [0.3, 0.4) is 0 Å². The van der Waals surface area contributed by atoms with Gasteiger partial charge in [-0.3, -0.25) is 4.79 Å². The smallest absolute Gasteiger partial charge is 0.314 e. The number of carboxylic acids is 1. The third kappa shape index (κ3) is 1.06. The predicted molar refractivity (Wildman–Crippen MR) is 43.3 cm³/mol. The molecule has 1 aliphatic rings. The van der Waals surface area contributed by atoms with Crippen molar-refractivity contribution in [2.24, 2.45) is 0 Å². The first-order chi connectivity index (χ1) is 6.15. The van der Waals surface area contributed by atoms with Gasteiger partial charge in [0, 0.05) is 5.56 Å². The summed E-state index contributed by atoms with van der Waals surface area (Å²) >= 11 is 0. The molecule has 1 aliphatic carbocycles. The molecule has 0 aromatic carbocycles. The summed E-state index contributed by atoms with van der Waals surface area (Å²) in [7, 11) is 0. The van der Waals surface area contributed by atoms with Gasteiger partial charge in [0.15, 0.2) is 0 Å². The largest absolute Gasteiger partial charge is 0.481 e. The monoisotopic (exact) mass is 182 g/mol. The number of carboxylic acid groups (broad SMARTS) is 1. The Labute approximate surface area is 74.8 Å². The molecule has 1 heterocycles. The van der Waals surface area contributed by atoms with E-state index in [-0.39, 0.29) is 12.8 Å². The second-order valence-corrected chi connectivity index (χ2v) is 3.46. The Kier molecular flexibility index (Phi) is 1.66. The van der Waals surface area contributed by atoms with Crippen LogP contribution in [0, 0.1) is 0 Å². The highest BCUT2D eigenvalue weighted by Gasteiger charge is 2.51. The van der Waals surface area contributed by atoms with Crippen LogP contribution < -0.4 is 0 Å². The van der Waals surface area contributed by atoms with Crippen LogP contribution in [-0.4, -0.2) is 22.3 Å². The summed E-state index contributed by atoms with van der Waals surface area (Å²) in [5, 5.41) is 18.2. The average Bonchev–Trinajstić information content (AvgIpc) is 2.49. The molecule has 2 N–H and O–H groups in total. The first-order valence-corrected chi connectivity index (χ1v) is 4.09. The topological polar surface area (TPSA) is 70.7 Å². The predicted octanol–water partition coefficient (Wildman–Crippen LogP) is 0.757. The summed E-state index contributed by atoms with van der Waals surface area (Å²) in [6, 6.07) is 1.64. The van der Waals surface area contributed by atoms with Crippen LogP contribution in [0.4, 0.5) is 0 Å². The lowest BCUT2D eigenvalue weighted by atomic mass is 9.63. The van der Waals surface area contributed by atoms with Crippen molar-refractivity contribution < 1.29 is 19.4 Å². The number of carbonyl (C=O) groups is 1. The van der Waals surface area contributed by atoms with E-state index >= 15 is 0 Å². The van der Waals surface area contributed by atoms with Gasteiger partial charge in [0.1, 0.15) is 5.41 Å². The van der Waals surface area contributed by atoms with Crippen LogP contribution in [0.5, 0.6) is 0 Å². The first-order valence-electron chi connectivity index (χ1n) is 4.09. The van der Waals surface area contributed by atoms with Crippen molar-refractivity contribution in [3.8, 4) is 0 Å². The van der Waals surface area contributed by atoms with E-state index in [0.717, 1.165) is 0 Å². The van der Waals surface area contributed by atoms with Crippen LogP contribution in [0.15, 0.2) is 23.0 Å². The van der Waals surface area contributed by atoms with Gasteiger partial charge in [0.2, 0.25) is 0 Å². The highest BCUT2D eigenvalue weighted by molar-refractivity contribution is 5.82. The molecule has 70 valence electrons. The molecule has 0 radical (unpaired) electrons. The molecule has 0 amide bonds. The van der Waals surface area contributed by atoms with Crippen molar-refractivity contribution in [1.82, 2.24) is 0 Å². The zero-order chi connectivity index (χ0) is 9.47. The molecule has 1 aromatic heterocycles. The maximum absolute atomic E-state index is 11.0. The quantitative estimate of drug-likeness (QED) is 0.708. The second-order valence-electron chi connectivity index (χ2n) is 3.46. The number of aliphatic hydroxyl groups is 1. The lowest BCUT2D eigenvalue weighted by molar-refractivity contribution is -0.153. The Hall–Kier alpha value is -1.29. The van der Waals surface area contributed by atoms with E-state index in [9.17, 15) is 4.79 Å². The van der Waals surface area contributed by atoms with E-state index in [2.05, 4.69) is 0 Å². The maximum Gasteiger partial charge on any atom is 0.314 e. The van der Waals surface area contributed by atoms with Crippen LogP contribution >= 0.6 is 0 Å². The van der Waals surface area contributed by atoms with Gasteiger partial charge >= 0.3 is 5.97 Å². The molecule has 0 saturated heterocycles. The summed E-state index contributed by atoms with van der Waals surface area (Å²) in [5.41, 5.74) is -0.267. The van der Waals surface area contributed by atoms with Gasteiger partial charge in [-0.2, -0.15) is 0 Å². The third-order valence-electron chi connectivity index (χ3n) is 2.65. The van der Waals surface area contributed by atoms with Gasteiger partial charge in [-0.05, 0) is 18.9 Å². The molecule has 1 aromatic rings. The highest BCUT2D eigenvalue weighted by atomic mass is 16.4. The van der Waals surface area contributed by atoms with Gasteiger partial charge < -0.3 is 14.6 Å². The maximum atomic E-state index is 11.0. The van der Waals surface area contributed by atoms with E-state index in [4.69, 9.17) is 14.6 Å². The number of aliphatic hydroxyl groups excluding tert-OH is 1. The van der Waals surface area contributed by atoms with Gasteiger partial charge in [0.25, 0.3) is 0 Å². The molecule has 0 aliphatic heterocycles. The zero-order valence-electron chi connectivity index (χ0n) is 6.93. The highest BCUT2D eigenvalue weighted by Crippen LogP contribution is 2.44. The van der Waals surface area contributed by atoms with E-state index < -0.39 is 17.5 Å². The fraction of sp³-hybridized carbons (Fsp3) is 0.444. The Balaban J connectivity index is 2.31. The summed E-state index contributed by atoms with van der Waals surface area (Å²) in [5.74, 6) is -0.890. The molecule has 0 bridgehead atoms. The van der Waals surface area contributed by atoms with Crippen molar-refractivity contribution in [2.75, 3.05) is 0 Å². The van der Waals surface area contributed by atoms with Gasteiger partial charge in [0.05, 0.1) is 18.6 Å². The SMILES string of the molecule is O=C(O)C1(c2ccoc2)CC(O)C1. The molecular formula is C9H10O4. The fourth-order valence-corrected chi connectivity index (χ4v) is 1.82. The number of rotatable bonds is 2. The van der Waals surface area contributed by atoms with E-state index in [1.54, 1.807) is 6.07 Å². The van der Waals surface area contributed by atoms with Gasteiger partial charge in [-0.25, -0.2) is 0 Å². The summed E-state index contributed by atoms with van der Waals surface area (Å²) in [6.07, 6.45) is 2.94. The van der Waals surface area contributed by atoms with Crippen molar-refractivity contribution in [3.63, 3.8) is 0 Å². The van der Waals surface area contributed by atoms with E-state index in [0.29, 0.717) is 5.56 Å². The van der Waals surface area contributed by atoms with E-state index in [1.165, 1.54) is 12.5 Å². The normalized spacial score (nSPS) is 32.5. The molecule has 1 fully saturated rings. The molecule has 13 heavy (non-hydrogen) atoms. The molecular weight excluding hydrogens is 172 g/mol. The molecule has 0 unspecified atom stereocenters. The van der Waals surface area contributed by atoms with Crippen LogP contribution in [0.2, 0.25) is 0 Å². The van der Waals surface area contributed by atoms with Crippen molar-refractivity contribution in [2.45, 2.75) is 24.4 Å². The number of furan rings is 1. The molecule has 0 spiro atoms. The number of hydrogen-bond acceptors (Lipinski definition) is 3. The molecule has 2 rings (SSSR count). The summed E-state index contributed by atoms with van der Waals surface area (Å²) < 4.78 is 4.84. The van der Waals surface area contributed by atoms with Crippen molar-refractivity contribution in [3.05, 3.63) is 24.2 Å². The van der Waals surface area contributed by atoms with Crippen LogP contribution in [0.1, 0.15) is 18.4 Å². The Bertz CT molecular complexity index is 308. The first kappa shape index (κ1) is 8.31. The Morgan fingerprint density at radius 1 is 1.62 bits per heavy atom. The second kappa shape index (κ2) is 2.60. The lowest BCUT2D eigenvalue weighted by Crippen LogP contribution is -2.50. The fourth-order valence-electron chi connectivity index (χ4n) is 1.82. The number of aliphatic carboxylic acids is 1. The number of hydrogen-bond donors (Lipinski definition) is 2. The molecule has 4 nitrogen and oxygen atoms in total. The third-order valence-corrected chi connectivity index (χ3v) is 2.65. The Morgan fingerprint density at radius 2 is 2.31 bits per heavy atom. The molecule has 1 saturated carbocycles. The minimum atomic E-state index is -0.910. The zero-order valence-corrected chi connectivity index (χ0v) is 6.93. The summed E-state index contributed by atoms with van der Waals surface area (Å²) in [4.78, 5) is 11.0. The summed E-state index contributed by atoms with van der Waals surface area (Å²) in [6.45, 7) is 0. The average molecular weight is 182 g/mol. The van der Waals surface area contributed by atoms with Crippen LogP contribution in [-0.2, 0) is 10.2 Å². The van der Waals surface area contributed by atoms with Gasteiger partial charge in [-0.1, -0.05) is 0 Å². The van der Waals surface area contributed by atoms with Crippen molar-refractivity contribution in [1.29, 1.82) is 0 Å². The Morgan fingerprint density at radius 3 is 2.69 bits per heavy atom. The minimum Gasteiger partial charge on any atom is -0.481 e. The standard InChI is InChI=1S/C9H10O4/c10-7-3-9(4-7,8(11)12)6-1-2-13-5-6/h1-2,5,7,10H,3-4H2,(H,11,12). The van der Waals surface area contributed by atoms with Gasteiger partial charge in [-0.15, -0.1) is 0 Å². The molecule has 0 atom stereocenters. The molecule has 4 heteroatoms.